The van der Waals surface area contributed by atoms with Crippen LogP contribution in [0, 0.1) is 0 Å². The van der Waals surface area contributed by atoms with Crippen LogP contribution in [0.2, 0.25) is 0 Å². The fourth-order valence-electron chi connectivity index (χ4n) is 3.44. The average molecular weight is 478 g/mol. The lowest BCUT2D eigenvalue weighted by molar-refractivity contribution is -0.140. The van der Waals surface area contributed by atoms with Gasteiger partial charge in [-0.25, -0.2) is 14.4 Å². The molecule has 1 aliphatic rings. The molecule has 35 heavy (non-hydrogen) atoms. The number of amides is 2. The van der Waals surface area contributed by atoms with Crippen molar-refractivity contribution in [3.8, 4) is 11.4 Å². The molecule has 0 fully saturated rings. The van der Waals surface area contributed by atoms with Gasteiger partial charge in [0.15, 0.2) is 11.5 Å². The zero-order valence-corrected chi connectivity index (χ0v) is 18.9. The molecular formula is C23H22N6O6. The van der Waals surface area contributed by atoms with Crippen molar-refractivity contribution in [3.63, 3.8) is 0 Å². The van der Waals surface area contributed by atoms with Crippen molar-refractivity contribution in [2.45, 2.75) is 19.9 Å². The first-order valence-electron chi connectivity index (χ1n) is 10.7. The van der Waals surface area contributed by atoms with Gasteiger partial charge in [0, 0.05) is 11.6 Å². The molecule has 0 radical (unpaired) electrons. The average Bonchev–Trinajstić information content (AvgIpc) is 3.53. The lowest BCUT2D eigenvalue weighted by Crippen LogP contribution is -2.50. The van der Waals surface area contributed by atoms with E-state index in [4.69, 9.17) is 13.9 Å². The fraction of sp³-hybridized carbons (Fsp3) is 0.217. The monoisotopic (exact) mass is 478 g/mol. The number of nitrogens with one attached hydrogen (secondary N) is 2. The Balaban J connectivity index is 1.66. The summed E-state index contributed by atoms with van der Waals surface area (Å²) in [4.78, 5) is 37.7. The van der Waals surface area contributed by atoms with Crippen molar-refractivity contribution in [1.29, 1.82) is 0 Å². The number of rotatable bonds is 8. The van der Waals surface area contributed by atoms with E-state index in [0.29, 0.717) is 17.1 Å². The van der Waals surface area contributed by atoms with Crippen molar-refractivity contribution in [2.75, 3.05) is 13.2 Å². The molecule has 1 aliphatic heterocycles. The summed E-state index contributed by atoms with van der Waals surface area (Å²) in [6.45, 7) is 3.04. The van der Waals surface area contributed by atoms with Crippen LogP contribution in [-0.2, 0) is 19.1 Å². The van der Waals surface area contributed by atoms with Crippen molar-refractivity contribution in [2.24, 2.45) is 0 Å². The first kappa shape index (κ1) is 23.4. The van der Waals surface area contributed by atoms with Crippen LogP contribution < -0.4 is 10.6 Å². The molecule has 0 bridgehead atoms. The standard InChI is InChI=1S/C23H22N6O6/c1-3-33-22(31)19-14(2)24-23(32)25-17(19)13-35-21(30)18(12-16-10-7-11-34-16)29-20(26-27-28-29)15-8-5-4-6-9-15/h4-12,14H,3,13H2,1-2H3,(H2,24,25,32)/b18-12+. The second-order valence-electron chi connectivity index (χ2n) is 7.33. The Bertz CT molecular complexity index is 1280. The molecule has 180 valence electrons. The van der Waals surface area contributed by atoms with E-state index in [1.165, 1.54) is 17.0 Å². The lowest BCUT2D eigenvalue weighted by atomic mass is 10.0. The predicted molar refractivity (Wildman–Crippen MR) is 122 cm³/mol. The molecule has 3 aromatic rings. The minimum Gasteiger partial charge on any atom is -0.465 e. The van der Waals surface area contributed by atoms with Crippen LogP contribution in [0.1, 0.15) is 19.6 Å². The van der Waals surface area contributed by atoms with Gasteiger partial charge in [-0.2, -0.15) is 4.68 Å². The van der Waals surface area contributed by atoms with Gasteiger partial charge in [0.1, 0.15) is 12.4 Å². The van der Waals surface area contributed by atoms with E-state index in [9.17, 15) is 14.4 Å². The van der Waals surface area contributed by atoms with Crippen molar-refractivity contribution in [3.05, 3.63) is 65.8 Å². The number of carbonyl (C=O) groups excluding carboxylic acids is 3. The highest BCUT2D eigenvalue weighted by molar-refractivity contribution is 6.15. The molecule has 0 saturated carbocycles. The molecule has 3 heterocycles. The lowest BCUT2D eigenvalue weighted by Gasteiger charge is -2.26. The molecule has 12 heteroatoms. The van der Waals surface area contributed by atoms with Crippen molar-refractivity contribution in [1.82, 2.24) is 30.8 Å². The summed E-state index contributed by atoms with van der Waals surface area (Å²) in [6.07, 6.45) is 2.88. The molecule has 2 amide bonds. The molecular weight excluding hydrogens is 456 g/mol. The molecule has 4 rings (SSSR count). The number of esters is 2. The summed E-state index contributed by atoms with van der Waals surface area (Å²) < 4.78 is 17.2. The highest BCUT2D eigenvalue weighted by Gasteiger charge is 2.31. The molecule has 0 spiro atoms. The Morgan fingerprint density at radius 2 is 1.97 bits per heavy atom. The Hall–Kier alpha value is -4.74. The normalized spacial score (nSPS) is 15.9. The van der Waals surface area contributed by atoms with Gasteiger partial charge >= 0.3 is 18.0 Å². The van der Waals surface area contributed by atoms with Crippen LogP contribution >= 0.6 is 0 Å². The van der Waals surface area contributed by atoms with E-state index in [-0.39, 0.29) is 23.6 Å². The first-order valence-corrected chi connectivity index (χ1v) is 10.7. The summed E-state index contributed by atoms with van der Waals surface area (Å²) in [6, 6.07) is 11.2. The smallest absolute Gasteiger partial charge is 0.357 e. The molecule has 1 atom stereocenters. The number of nitrogens with zero attached hydrogens (tertiary/aromatic N) is 4. The molecule has 2 N–H and O–H groups in total. The van der Waals surface area contributed by atoms with Gasteiger partial charge in [-0.15, -0.1) is 5.10 Å². The van der Waals surface area contributed by atoms with E-state index in [2.05, 4.69) is 26.2 Å². The Morgan fingerprint density at radius 1 is 1.17 bits per heavy atom. The molecule has 0 saturated heterocycles. The zero-order valence-electron chi connectivity index (χ0n) is 18.9. The van der Waals surface area contributed by atoms with Crippen molar-refractivity contribution < 1.29 is 28.3 Å². The number of hydrogen-bond donors (Lipinski definition) is 2. The topological polar surface area (TPSA) is 150 Å². The highest BCUT2D eigenvalue weighted by atomic mass is 16.5. The van der Waals surface area contributed by atoms with E-state index < -0.39 is 30.6 Å². The van der Waals surface area contributed by atoms with E-state index >= 15 is 0 Å². The Kier molecular flexibility index (Phi) is 7.00. The van der Waals surface area contributed by atoms with Crippen LogP contribution in [0.5, 0.6) is 0 Å². The number of ether oxygens (including phenoxy) is 2. The van der Waals surface area contributed by atoms with Gasteiger partial charge in [0.2, 0.25) is 0 Å². The maximum Gasteiger partial charge on any atom is 0.357 e. The number of benzene rings is 1. The molecule has 0 aliphatic carbocycles. The molecule has 1 aromatic carbocycles. The SMILES string of the molecule is CCOC(=O)C1=C(COC(=O)/C(=C\c2ccco2)n2nnnc2-c2ccccc2)NC(=O)NC1C. The van der Waals surface area contributed by atoms with Gasteiger partial charge < -0.3 is 24.5 Å². The molecule has 1 unspecified atom stereocenters. The van der Waals surface area contributed by atoms with Crippen molar-refractivity contribution >= 4 is 29.7 Å². The maximum absolute atomic E-state index is 13.2. The summed E-state index contributed by atoms with van der Waals surface area (Å²) in [5.74, 6) is -0.781. The first-order chi connectivity index (χ1) is 17.0. The van der Waals surface area contributed by atoms with Crippen LogP contribution in [0.3, 0.4) is 0 Å². The fourth-order valence-corrected chi connectivity index (χ4v) is 3.44. The number of furan rings is 1. The maximum atomic E-state index is 13.2. The minimum absolute atomic E-state index is 0.0459. The second-order valence-corrected chi connectivity index (χ2v) is 7.33. The zero-order chi connectivity index (χ0) is 24.8. The largest absolute Gasteiger partial charge is 0.465 e. The van der Waals surface area contributed by atoms with E-state index in [0.717, 1.165) is 0 Å². The number of carbonyl (C=O) groups is 3. The molecule has 12 nitrogen and oxygen atoms in total. The Labute approximate surface area is 199 Å². The summed E-state index contributed by atoms with van der Waals surface area (Å²) >= 11 is 0. The van der Waals surface area contributed by atoms with Crippen LogP contribution in [0.25, 0.3) is 23.2 Å². The summed E-state index contributed by atoms with van der Waals surface area (Å²) in [7, 11) is 0. The number of tetrazole rings is 1. The third kappa shape index (κ3) is 5.27. The number of urea groups is 1. The van der Waals surface area contributed by atoms with Gasteiger partial charge in [-0.3, -0.25) is 0 Å². The van der Waals surface area contributed by atoms with Crippen LogP contribution in [0.4, 0.5) is 4.79 Å². The minimum atomic E-state index is -0.818. The predicted octanol–water partition coefficient (Wildman–Crippen LogP) is 1.99. The van der Waals surface area contributed by atoms with E-state index in [1.54, 1.807) is 38.1 Å². The highest BCUT2D eigenvalue weighted by Crippen LogP contribution is 2.22. The number of hydrogen-bond acceptors (Lipinski definition) is 9. The third-order valence-corrected chi connectivity index (χ3v) is 4.97. The molecule has 2 aromatic heterocycles. The van der Waals surface area contributed by atoms with E-state index in [1.807, 2.05) is 18.2 Å². The summed E-state index contributed by atoms with van der Waals surface area (Å²) in [5.41, 5.74) is 0.895. The third-order valence-electron chi connectivity index (χ3n) is 4.97. The van der Waals surface area contributed by atoms with Gasteiger partial charge in [-0.05, 0) is 36.4 Å². The van der Waals surface area contributed by atoms with Gasteiger partial charge in [0.25, 0.3) is 0 Å². The number of aromatic nitrogens is 4. The van der Waals surface area contributed by atoms with Gasteiger partial charge in [0.05, 0.1) is 30.2 Å². The van der Waals surface area contributed by atoms with Crippen LogP contribution in [-0.4, -0.2) is 57.4 Å². The quantitative estimate of drug-likeness (QED) is 0.366. The van der Waals surface area contributed by atoms with Gasteiger partial charge in [-0.1, -0.05) is 30.3 Å². The summed E-state index contributed by atoms with van der Waals surface area (Å²) in [5, 5.41) is 16.8. The Morgan fingerprint density at radius 3 is 2.69 bits per heavy atom. The second kappa shape index (κ2) is 10.5. The van der Waals surface area contributed by atoms with Crippen LogP contribution in [0.15, 0.2) is 64.4 Å².